The molecule has 0 radical (unpaired) electrons. The van der Waals surface area contributed by atoms with Gasteiger partial charge in [0.05, 0.1) is 21.8 Å². The fourth-order valence-corrected chi connectivity index (χ4v) is 1.98. The summed E-state index contributed by atoms with van der Waals surface area (Å²) < 4.78 is 0. The van der Waals surface area contributed by atoms with Gasteiger partial charge in [-0.05, 0) is 45.0 Å². The van der Waals surface area contributed by atoms with Crippen molar-refractivity contribution in [3.63, 3.8) is 0 Å². The number of rotatable bonds is 1. The Labute approximate surface area is 117 Å². The standard InChI is InChI=1S/C14H17ClN4/c1-14(2,3)19-13(16)18-11-7-6-10(15)9-5-4-8-17-12(9)11/h4-8H,1-3H3,(H3,16,18,19). The quantitative estimate of drug-likeness (QED) is 0.620. The molecular weight excluding hydrogens is 260 g/mol. The van der Waals surface area contributed by atoms with Crippen LogP contribution in [-0.2, 0) is 0 Å². The monoisotopic (exact) mass is 276 g/mol. The topological polar surface area (TPSA) is 63.3 Å². The average molecular weight is 277 g/mol. The highest BCUT2D eigenvalue weighted by Gasteiger charge is 2.10. The van der Waals surface area contributed by atoms with E-state index in [9.17, 15) is 0 Å². The van der Waals surface area contributed by atoms with Crippen LogP contribution in [0.2, 0.25) is 5.02 Å². The van der Waals surface area contributed by atoms with Crippen LogP contribution in [0.15, 0.2) is 35.5 Å². The molecule has 1 aromatic heterocycles. The number of pyridine rings is 1. The Bertz CT molecular complexity index is 629. The number of halogens is 1. The van der Waals surface area contributed by atoms with E-state index >= 15 is 0 Å². The number of fused-ring (bicyclic) bond motifs is 1. The third-order valence-corrected chi connectivity index (χ3v) is 2.76. The van der Waals surface area contributed by atoms with Crippen molar-refractivity contribution in [1.82, 2.24) is 4.98 Å². The van der Waals surface area contributed by atoms with Gasteiger partial charge < -0.3 is 11.1 Å². The number of guanidine groups is 1. The first-order valence-electron chi connectivity index (χ1n) is 6.02. The van der Waals surface area contributed by atoms with E-state index < -0.39 is 0 Å². The fourth-order valence-electron chi connectivity index (χ4n) is 1.77. The molecule has 0 aliphatic carbocycles. The first kappa shape index (κ1) is 13.6. The average Bonchev–Trinajstić information content (AvgIpc) is 2.31. The van der Waals surface area contributed by atoms with E-state index in [0.717, 1.165) is 16.6 Å². The summed E-state index contributed by atoms with van der Waals surface area (Å²) in [5, 5.41) is 4.63. The van der Waals surface area contributed by atoms with Crippen molar-refractivity contribution in [2.24, 2.45) is 10.7 Å². The third kappa shape index (κ3) is 3.35. The Morgan fingerprint density at radius 2 is 2.05 bits per heavy atom. The van der Waals surface area contributed by atoms with Crippen LogP contribution in [0.1, 0.15) is 20.8 Å². The second-order valence-corrected chi connectivity index (χ2v) is 5.69. The van der Waals surface area contributed by atoms with Gasteiger partial charge in [-0.2, -0.15) is 0 Å². The van der Waals surface area contributed by atoms with Gasteiger partial charge >= 0.3 is 0 Å². The molecule has 0 saturated carbocycles. The van der Waals surface area contributed by atoms with Gasteiger partial charge in [0.1, 0.15) is 0 Å². The summed E-state index contributed by atoms with van der Waals surface area (Å²) in [4.78, 5) is 8.69. The largest absolute Gasteiger partial charge is 0.370 e. The normalized spacial score (nSPS) is 12.7. The molecule has 2 rings (SSSR count). The molecule has 0 bridgehead atoms. The Balaban J connectivity index is 2.42. The first-order chi connectivity index (χ1) is 8.87. The SMILES string of the molecule is CC(C)(C)N=C(N)Nc1ccc(Cl)c2cccnc12. The van der Waals surface area contributed by atoms with Gasteiger partial charge in [0.2, 0.25) is 0 Å². The van der Waals surface area contributed by atoms with Crippen LogP contribution >= 0.6 is 11.6 Å². The maximum atomic E-state index is 6.14. The molecule has 1 heterocycles. The molecule has 0 aliphatic rings. The molecule has 5 heteroatoms. The number of benzene rings is 1. The fraction of sp³-hybridized carbons (Fsp3) is 0.286. The van der Waals surface area contributed by atoms with Crippen LogP contribution in [0.4, 0.5) is 5.69 Å². The molecule has 4 nitrogen and oxygen atoms in total. The second-order valence-electron chi connectivity index (χ2n) is 5.29. The number of hydrogen-bond donors (Lipinski definition) is 2. The maximum absolute atomic E-state index is 6.14. The minimum atomic E-state index is -0.229. The molecule has 2 aromatic rings. The number of aromatic nitrogens is 1. The summed E-state index contributed by atoms with van der Waals surface area (Å²) in [6.45, 7) is 5.96. The molecule has 0 fully saturated rings. The van der Waals surface area contributed by atoms with E-state index in [0.29, 0.717) is 11.0 Å². The lowest BCUT2D eigenvalue weighted by Crippen LogP contribution is -2.27. The van der Waals surface area contributed by atoms with Crippen molar-refractivity contribution in [2.45, 2.75) is 26.3 Å². The first-order valence-corrected chi connectivity index (χ1v) is 6.40. The van der Waals surface area contributed by atoms with Gasteiger partial charge in [0.25, 0.3) is 0 Å². The molecule has 0 saturated heterocycles. The summed E-state index contributed by atoms with van der Waals surface area (Å²) in [7, 11) is 0. The zero-order valence-electron chi connectivity index (χ0n) is 11.2. The highest BCUT2D eigenvalue weighted by atomic mass is 35.5. The molecule has 1 aromatic carbocycles. The zero-order valence-corrected chi connectivity index (χ0v) is 12.0. The zero-order chi connectivity index (χ0) is 14.0. The molecule has 100 valence electrons. The van der Waals surface area contributed by atoms with E-state index in [-0.39, 0.29) is 5.54 Å². The molecule has 0 spiro atoms. The maximum Gasteiger partial charge on any atom is 0.193 e. The van der Waals surface area contributed by atoms with Crippen LogP contribution in [0, 0.1) is 0 Å². The minimum Gasteiger partial charge on any atom is -0.370 e. The Morgan fingerprint density at radius 3 is 2.74 bits per heavy atom. The molecule has 3 N–H and O–H groups in total. The highest BCUT2D eigenvalue weighted by molar-refractivity contribution is 6.35. The lowest BCUT2D eigenvalue weighted by molar-refractivity contribution is 0.583. The Morgan fingerprint density at radius 1 is 1.32 bits per heavy atom. The number of hydrogen-bond acceptors (Lipinski definition) is 2. The molecule has 0 amide bonds. The summed E-state index contributed by atoms with van der Waals surface area (Å²) >= 11 is 6.14. The predicted octanol–water partition coefficient (Wildman–Crippen LogP) is 3.41. The van der Waals surface area contributed by atoms with Crippen molar-refractivity contribution in [1.29, 1.82) is 0 Å². The summed E-state index contributed by atoms with van der Waals surface area (Å²) in [5.41, 5.74) is 7.25. The lowest BCUT2D eigenvalue weighted by Gasteiger charge is -2.15. The predicted molar refractivity (Wildman–Crippen MR) is 81.8 cm³/mol. The van der Waals surface area contributed by atoms with E-state index in [1.165, 1.54) is 0 Å². The van der Waals surface area contributed by atoms with Crippen molar-refractivity contribution in [3.05, 3.63) is 35.5 Å². The smallest absolute Gasteiger partial charge is 0.193 e. The number of nitrogens with two attached hydrogens (primary N) is 1. The molecular formula is C14H17ClN4. The minimum absolute atomic E-state index is 0.229. The summed E-state index contributed by atoms with van der Waals surface area (Å²) in [6.07, 6.45) is 1.72. The highest BCUT2D eigenvalue weighted by Crippen LogP contribution is 2.27. The molecule has 0 unspecified atom stereocenters. The van der Waals surface area contributed by atoms with Crippen LogP contribution < -0.4 is 11.1 Å². The van der Waals surface area contributed by atoms with Gasteiger partial charge in [-0.3, -0.25) is 4.98 Å². The van der Waals surface area contributed by atoms with Gasteiger partial charge in [0.15, 0.2) is 5.96 Å². The van der Waals surface area contributed by atoms with Crippen LogP contribution in [0.5, 0.6) is 0 Å². The van der Waals surface area contributed by atoms with Crippen molar-refractivity contribution in [2.75, 3.05) is 5.32 Å². The van der Waals surface area contributed by atoms with Crippen molar-refractivity contribution >= 4 is 34.2 Å². The molecule has 19 heavy (non-hydrogen) atoms. The number of anilines is 1. The van der Waals surface area contributed by atoms with Gasteiger partial charge in [-0.1, -0.05) is 11.6 Å². The van der Waals surface area contributed by atoms with E-state index in [1.807, 2.05) is 45.0 Å². The lowest BCUT2D eigenvalue weighted by atomic mass is 10.1. The molecule has 0 aliphatic heterocycles. The summed E-state index contributed by atoms with van der Waals surface area (Å²) in [5.74, 6) is 0.363. The summed E-state index contributed by atoms with van der Waals surface area (Å²) in [6, 6.07) is 7.44. The van der Waals surface area contributed by atoms with Crippen LogP contribution in [-0.4, -0.2) is 16.5 Å². The number of aliphatic imine (C=N–C) groups is 1. The van der Waals surface area contributed by atoms with Crippen molar-refractivity contribution < 1.29 is 0 Å². The van der Waals surface area contributed by atoms with Gasteiger partial charge in [-0.15, -0.1) is 0 Å². The van der Waals surface area contributed by atoms with Gasteiger partial charge in [0, 0.05) is 11.6 Å². The van der Waals surface area contributed by atoms with E-state index in [1.54, 1.807) is 6.20 Å². The van der Waals surface area contributed by atoms with Crippen LogP contribution in [0.3, 0.4) is 0 Å². The van der Waals surface area contributed by atoms with Crippen LogP contribution in [0.25, 0.3) is 10.9 Å². The molecule has 0 atom stereocenters. The van der Waals surface area contributed by atoms with Gasteiger partial charge in [-0.25, -0.2) is 4.99 Å². The second kappa shape index (κ2) is 5.05. The van der Waals surface area contributed by atoms with E-state index in [4.69, 9.17) is 17.3 Å². The van der Waals surface area contributed by atoms with Crippen molar-refractivity contribution in [3.8, 4) is 0 Å². The Kier molecular flexibility index (Phi) is 3.62. The number of nitrogens with zero attached hydrogens (tertiary/aromatic N) is 2. The third-order valence-electron chi connectivity index (χ3n) is 2.44. The van der Waals surface area contributed by atoms with E-state index in [2.05, 4.69) is 15.3 Å². The number of nitrogens with one attached hydrogen (secondary N) is 1. The Hall–Kier alpha value is -1.81.